The fraction of sp³-hybridized carbons (Fsp3) is 0.400. The highest BCUT2D eigenvalue weighted by Gasteiger charge is 2.08. The molecule has 1 atom stereocenters. The number of benzene rings is 1. The van der Waals surface area contributed by atoms with E-state index in [9.17, 15) is 0 Å². The molecule has 0 aliphatic rings. The van der Waals surface area contributed by atoms with Crippen molar-refractivity contribution in [2.24, 2.45) is 0 Å². The Morgan fingerprint density at radius 1 is 1.11 bits per heavy atom. The molecule has 1 aromatic heterocycles. The van der Waals surface area contributed by atoms with Gasteiger partial charge in [0.1, 0.15) is 0 Å². The molecular formula is C15H19NOS. The van der Waals surface area contributed by atoms with Gasteiger partial charge in [-0.25, -0.2) is 4.98 Å². The number of hydrogen-bond donors (Lipinski definition) is 0. The van der Waals surface area contributed by atoms with Gasteiger partial charge < -0.3 is 4.74 Å². The molecule has 0 aliphatic carbocycles. The number of rotatable bonds is 4. The summed E-state index contributed by atoms with van der Waals surface area (Å²) in [5, 5.41) is 1.19. The van der Waals surface area contributed by atoms with Crippen LogP contribution in [0.25, 0.3) is 10.4 Å². The Morgan fingerprint density at radius 2 is 1.78 bits per heavy atom. The molecule has 96 valence electrons. The van der Waals surface area contributed by atoms with Gasteiger partial charge in [-0.3, -0.25) is 0 Å². The van der Waals surface area contributed by atoms with Crippen LogP contribution in [-0.4, -0.2) is 12.1 Å². The van der Waals surface area contributed by atoms with E-state index in [0.29, 0.717) is 5.92 Å². The predicted octanol–water partition coefficient (Wildman–Crippen LogP) is 4.64. The summed E-state index contributed by atoms with van der Waals surface area (Å²) in [6.45, 7) is 6.40. The summed E-state index contributed by atoms with van der Waals surface area (Å²) in [4.78, 5) is 5.69. The lowest BCUT2D eigenvalue weighted by atomic mass is 10.1. The van der Waals surface area contributed by atoms with Gasteiger partial charge in [0.25, 0.3) is 0 Å². The van der Waals surface area contributed by atoms with Gasteiger partial charge in [0, 0.05) is 19.2 Å². The average molecular weight is 261 g/mol. The molecule has 0 amide bonds. The summed E-state index contributed by atoms with van der Waals surface area (Å²) >= 11 is 1.77. The first-order chi connectivity index (χ1) is 8.61. The molecular weight excluding hydrogens is 242 g/mol. The Kier molecular flexibility index (Phi) is 4.15. The van der Waals surface area contributed by atoms with Gasteiger partial charge in [0.2, 0.25) is 0 Å². The van der Waals surface area contributed by atoms with Gasteiger partial charge in [-0.1, -0.05) is 38.1 Å². The van der Waals surface area contributed by atoms with E-state index in [0.717, 1.165) is 0 Å². The van der Waals surface area contributed by atoms with E-state index in [-0.39, 0.29) is 6.10 Å². The second-order valence-corrected chi connectivity index (χ2v) is 5.78. The van der Waals surface area contributed by atoms with Gasteiger partial charge in [-0.2, -0.15) is 0 Å². The van der Waals surface area contributed by atoms with Gasteiger partial charge in [0.15, 0.2) is 0 Å². The van der Waals surface area contributed by atoms with Crippen molar-refractivity contribution in [3.63, 3.8) is 0 Å². The lowest BCUT2D eigenvalue weighted by Gasteiger charge is -2.09. The molecule has 2 rings (SSSR count). The molecule has 1 unspecified atom stereocenters. The van der Waals surface area contributed by atoms with Crippen LogP contribution in [0.4, 0.5) is 0 Å². The Balaban J connectivity index is 2.23. The zero-order valence-corrected chi connectivity index (χ0v) is 12.1. The molecule has 18 heavy (non-hydrogen) atoms. The number of ether oxygens (including phenoxy) is 1. The number of aromatic nitrogens is 1. The summed E-state index contributed by atoms with van der Waals surface area (Å²) in [6.07, 6.45) is 2.11. The van der Waals surface area contributed by atoms with Gasteiger partial charge in [0.05, 0.1) is 16.0 Å². The molecule has 0 radical (unpaired) electrons. The van der Waals surface area contributed by atoms with Crippen molar-refractivity contribution in [2.45, 2.75) is 32.8 Å². The maximum absolute atomic E-state index is 5.31. The third-order valence-electron chi connectivity index (χ3n) is 3.04. The largest absolute Gasteiger partial charge is 0.377 e. The van der Waals surface area contributed by atoms with Crippen molar-refractivity contribution < 1.29 is 4.74 Å². The molecule has 2 nitrogen and oxygen atoms in total. The van der Waals surface area contributed by atoms with Crippen LogP contribution in [0.15, 0.2) is 30.5 Å². The van der Waals surface area contributed by atoms with Crippen molar-refractivity contribution in [3.05, 3.63) is 41.0 Å². The molecule has 0 fully saturated rings. The summed E-state index contributed by atoms with van der Waals surface area (Å²) in [5.74, 6) is 0.497. The van der Waals surface area contributed by atoms with Gasteiger partial charge in [-0.15, -0.1) is 11.3 Å². The lowest BCUT2D eigenvalue weighted by molar-refractivity contribution is 0.119. The molecule has 1 aromatic carbocycles. The number of thiazole rings is 1. The minimum absolute atomic E-state index is 0.145. The second kappa shape index (κ2) is 5.63. The van der Waals surface area contributed by atoms with Crippen LogP contribution in [0.2, 0.25) is 0 Å². The Hall–Kier alpha value is -1.19. The van der Waals surface area contributed by atoms with E-state index in [2.05, 4.69) is 50.0 Å². The first-order valence-electron chi connectivity index (χ1n) is 6.20. The molecule has 1 heterocycles. The van der Waals surface area contributed by atoms with E-state index in [1.165, 1.54) is 21.0 Å². The van der Waals surface area contributed by atoms with Crippen LogP contribution >= 0.6 is 11.3 Å². The maximum atomic E-state index is 5.31. The van der Waals surface area contributed by atoms with Crippen molar-refractivity contribution in [1.29, 1.82) is 0 Å². The van der Waals surface area contributed by atoms with Gasteiger partial charge in [-0.05, 0) is 18.1 Å². The first-order valence-corrected chi connectivity index (χ1v) is 7.02. The fourth-order valence-corrected chi connectivity index (χ4v) is 2.67. The molecule has 3 heteroatoms. The topological polar surface area (TPSA) is 22.1 Å². The van der Waals surface area contributed by atoms with Crippen LogP contribution in [0.1, 0.15) is 43.4 Å². The van der Waals surface area contributed by atoms with Crippen LogP contribution in [0, 0.1) is 0 Å². The van der Waals surface area contributed by atoms with Crippen LogP contribution in [-0.2, 0) is 4.74 Å². The van der Waals surface area contributed by atoms with Crippen LogP contribution in [0.3, 0.4) is 0 Å². The lowest BCUT2D eigenvalue weighted by Crippen LogP contribution is -1.94. The Bertz CT molecular complexity index is 501. The van der Waals surface area contributed by atoms with Crippen molar-refractivity contribution in [2.75, 3.05) is 7.11 Å². The SMILES string of the molecule is COC(C)c1ccc(-c2cnc(C(C)C)s2)cc1. The normalized spacial score (nSPS) is 12.9. The zero-order valence-electron chi connectivity index (χ0n) is 11.3. The van der Waals surface area contributed by atoms with Crippen molar-refractivity contribution in [1.82, 2.24) is 4.98 Å². The predicted molar refractivity (Wildman–Crippen MR) is 77.1 cm³/mol. The smallest absolute Gasteiger partial charge is 0.0956 e. The highest BCUT2D eigenvalue weighted by Crippen LogP contribution is 2.30. The standard InChI is InChI=1S/C15H19NOS/c1-10(2)15-16-9-14(18-15)13-7-5-12(6-8-13)11(3)17-4/h5-11H,1-4H3. The molecule has 0 saturated carbocycles. The molecule has 2 aromatic rings. The molecule has 0 N–H and O–H groups in total. The molecule has 0 saturated heterocycles. The Labute approximate surface area is 113 Å². The van der Waals surface area contributed by atoms with Crippen molar-refractivity contribution in [3.8, 4) is 10.4 Å². The van der Waals surface area contributed by atoms with E-state index in [1.807, 2.05) is 6.20 Å². The third-order valence-corrected chi connectivity index (χ3v) is 4.38. The quantitative estimate of drug-likeness (QED) is 0.799. The summed E-state index contributed by atoms with van der Waals surface area (Å²) in [7, 11) is 1.73. The first kappa shape index (κ1) is 13.2. The number of hydrogen-bond acceptors (Lipinski definition) is 3. The van der Waals surface area contributed by atoms with Crippen molar-refractivity contribution >= 4 is 11.3 Å². The fourth-order valence-electron chi connectivity index (χ4n) is 1.74. The van der Waals surface area contributed by atoms with E-state index in [1.54, 1.807) is 18.4 Å². The third kappa shape index (κ3) is 2.79. The molecule has 0 bridgehead atoms. The highest BCUT2D eigenvalue weighted by molar-refractivity contribution is 7.15. The maximum Gasteiger partial charge on any atom is 0.0956 e. The average Bonchev–Trinajstić information content (AvgIpc) is 2.88. The van der Waals surface area contributed by atoms with E-state index < -0.39 is 0 Å². The minimum Gasteiger partial charge on any atom is -0.377 e. The number of nitrogens with zero attached hydrogens (tertiary/aromatic N) is 1. The van der Waals surface area contributed by atoms with Crippen LogP contribution < -0.4 is 0 Å². The number of methoxy groups -OCH3 is 1. The Morgan fingerprint density at radius 3 is 2.28 bits per heavy atom. The van der Waals surface area contributed by atoms with E-state index >= 15 is 0 Å². The zero-order chi connectivity index (χ0) is 13.1. The van der Waals surface area contributed by atoms with E-state index in [4.69, 9.17) is 4.74 Å². The molecule has 0 spiro atoms. The summed E-state index contributed by atoms with van der Waals surface area (Å²) < 4.78 is 5.31. The monoisotopic (exact) mass is 261 g/mol. The highest BCUT2D eigenvalue weighted by atomic mass is 32.1. The summed E-state index contributed by atoms with van der Waals surface area (Å²) in [5.41, 5.74) is 2.43. The second-order valence-electron chi connectivity index (χ2n) is 4.72. The molecule has 0 aliphatic heterocycles. The van der Waals surface area contributed by atoms with Crippen LogP contribution in [0.5, 0.6) is 0 Å². The minimum atomic E-state index is 0.145. The summed E-state index contributed by atoms with van der Waals surface area (Å²) in [6, 6.07) is 8.53. The van der Waals surface area contributed by atoms with Gasteiger partial charge >= 0.3 is 0 Å².